The molecule has 126 valence electrons. The third-order valence-corrected chi connectivity index (χ3v) is 3.92. The summed E-state index contributed by atoms with van der Waals surface area (Å²) in [5.41, 5.74) is 1.51. The maximum absolute atomic E-state index is 12.7. The monoisotopic (exact) mass is 328 g/mol. The summed E-state index contributed by atoms with van der Waals surface area (Å²) >= 11 is 0. The number of esters is 1. The number of anilines is 1. The molecular formula is C17H20N4O3. The fourth-order valence-corrected chi connectivity index (χ4v) is 2.99. The van der Waals surface area contributed by atoms with Gasteiger partial charge in [0, 0.05) is 5.70 Å². The minimum absolute atomic E-state index is 0.135. The molecule has 1 aliphatic heterocycles. The highest BCUT2D eigenvalue weighted by Crippen LogP contribution is 2.39. The number of allylic oxidation sites excluding steroid dienone is 1. The van der Waals surface area contributed by atoms with E-state index in [0.29, 0.717) is 12.6 Å². The van der Waals surface area contributed by atoms with Gasteiger partial charge in [0.05, 0.1) is 12.6 Å². The van der Waals surface area contributed by atoms with Gasteiger partial charge in [-0.05, 0) is 31.0 Å². The van der Waals surface area contributed by atoms with Gasteiger partial charge in [-0.2, -0.15) is 10.1 Å². The predicted molar refractivity (Wildman–Crippen MR) is 88.4 cm³/mol. The van der Waals surface area contributed by atoms with Crippen LogP contribution in [0.5, 0.6) is 5.75 Å². The van der Waals surface area contributed by atoms with Crippen LogP contribution < -0.4 is 5.32 Å². The molecule has 0 amide bonds. The van der Waals surface area contributed by atoms with Crippen molar-refractivity contribution < 1.29 is 14.6 Å². The van der Waals surface area contributed by atoms with Crippen LogP contribution in [-0.2, 0) is 9.53 Å². The molecule has 3 rings (SSSR count). The SMILES string of the molecule is CC/C=C1/Nc2ncnn2[C@H](c2cccc(O)c2)[C@H]1C(=O)OCC. The standard InChI is InChI=1S/C17H20N4O3/c1-3-6-13-14(16(23)24-4-2)15(11-7-5-8-12(22)9-11)21-17(20-13)18-10-19-21/h5-10,14-15,22H,3-4H2,1-2H3,(H,18,19,20)/b13-6+/t14-,15+/m0/s1. The summed E-state index contributed by atoms with van der Waals surface area (Å²) in [6.45, 7) is 4.08. The van der Waals surface area contributed by atoms with Gasteiger partial charge in [0.25, 0.3) is 0 Å². The number of nitrogens with one attached hydrogen (secondary N) is 1. The number of aromatic nitrogens is 3. The first-order valence-electron chi connectivity index (χ1n) is 7.97. The summed E-state index contributed by atoms with van der Waals surface area (Å²) in [5, 5.41) is 17.3. The molecule has 0 spiro atoms. The lowest BCUT2D eigenvalue weighted by Crippen LogP contribution is -2.38. The number of ether oxygens (including phenoxy) is 1. The highest BCUT2D eigenvalue weighted by Gasteiger charge is 2.41. The molecule has 24 heavy (non-hydrogen) atoms. The maximum atomic E-state index is 12.7. The van der Waals surface area contributed by atoms with Crippen molar-refractivity contribution in [3.8, 4) is 5.75 Å². The number of carbonyl (C=O) groups excluding carboxylic acids is 1. The van der Waals surface area contributed by atoms with E-state index in [-0.39, 0.29) is 11.7 Å². The Morgan fingerprint density at radius 1 is 1.46 bits per heavy atom. The van der Waals surface area contributed by atoms with Crippen LogP contribution in [0.3, 0.4) is 0 Å². The zero-order chi connectivity index (χ0) is 17.1. The number of phenolic OH excluding ortho intramolecular Hbond substituents is 1. The summed E-state index contributed by atoms with van der Waals surface area (Å²) in [5.74, 6) is -0.222. The second-order valence-electron chi connectivity index (χ2n) is 5.49. The van der Waals surface area contributed by atoms with Crippen LogP contribution in [-0.4, -0.2) is 32.4 Å². The quantitative estimate of drug-likeness (QED) is 0.838. The molecule has 2 N–H and O–H groups in total. The van der Waals surface area contributed by atoms with E-state index in [0.717, 1.165) is 17.7 Å². The van der Waals surface area contributed by atoms with Crippen LogP contribution in [0.15, 0.2) is 42.4 Å². The Kier molecular flexibility index (Phi) is 4.50. The molecule has 7 heteroatoms. The molecule has 1 aliphatic rings. The average molecular weight is 328 g/mol. The summed E-state index contributed by atoms with van der Waals surface area (Å²) < 4.78 is 6.94. The van der Waals surface area contributed by atoms with E-state index in [1.165, 1.54) is 6.33 Å². The first-order valence-corrected chi connectivity index (χ1v) is 7.97. The lowest BCUT2D eigenvalue weighted by Gasteiger charge is -2.33. The highest BCUT2D eigenvalue weighted by atomic mass is 16.5. The van der Waals surface area contributed by atoms with Crippen LogP contribution >= 0.6 is 0 Å². The number of rotatable bonds is 4. The van der Waals surface area contributed by atoms with E-state index < -0.39 is 12.0 Å². The summed E-state index contributed by atoms with van der Waals surface area (Å²) in [6.07, 6.45) is 4.16. The van der Waals surface area contributed by atoms with Crippen LogP contribution in [0.4, 0.5) is 5.95 Å². The molecule has 0 saturated heterocycles. The molecule has 0 saturated carbocycles. The third kappa shape index (κ3) is 2.84. The van der Waals surface area contributed by atoms with Crippen molar-refractivity contribution >= 4 is 11.9 Å². The van der Waals surface area contributed by atoms with Gasteiger partial charge in [-0.25, -0.2) is 4.68 Å². The van der Waals surface area contributed by atoms with Crippen molar-refractivity contribution in [3.63, 3.8) is 0 Å². The lowest BCUT2D eigenvalue weighted by molar-refractivity contribution is -0.147. The number of aromatic hydroxyl groups is 1. The zero-order valence-corrected chi connectivity index (χ0v) is 13.6. The molecule has 0 fully saturated rings. The van der Waals surface area contributed by atoms with Crippen molar-refractivity contribution in [2.75, 3.05) is 11.9 Å². The number of nitrogens with zero attached hydrogens (tertiary/aromatic N) is 3. The predicted octanol–water partition coefficient (Wildman–Crippen LogP) is 2.47. The number of carbonyl (C=O) groups is 1. The molecule has 0 radical (unpaired) electrons. The van der Waals surface area contributed by atoms with Crippen LogP contribution in [0, 0.1) is 5.92 Å². The Morgan fingerprint density at radius 3 is 3.00 bits per heavy atom. The van der Waals surface area contributed by atoms with Gasteiger partial charge in [-0.15, -0.1) is 0 Å². The Bertz CT molecular complexity index is 769. The van der Waals surface area contributed by atoms with Crippen molar-refractivity contribution in [1.29, 1.82) is 0 Å². The van der Waals surface area contributed by atoms with Gasteiger partial charge >= 0.3 is 5.97 Å². The molecule has 1 aromatic carbocycles. The van der Waals surface area contributed by atoms with E-state index in [2.05, 4.69) is 15.4 Å². The Morgan fingerprint density at radius 2 is 2.29 bits per heavy atom. The minimum Gasteiger partial charge on any atom is -0.508 e. The highest BCUT2D eigenvalue weighted by molar-refractivity contribution is 5.79. The second-order valence-corrected chi connectivity index (χ2v) is 5.49. The molecule has 0 unspecified atom stereocenters. The number of fused-ring (bicyclic) bond motifs is 1. The van der Waals surface area contributed by atoms with Crippen LogP contribution in [0.2, 0.25) is 0 Å². The maximum Gasteiger partial charge on any atom is 0.317 e. The largest absolute Gasteiger partial charge is 0.508 e. The molecule has 2 atom stereocenters. The van der Waals surface area contributed by atoms with Gasteiger partial charge in [-0.1, -0.05) is 25.1 Å². The Balaban J connectivity index is 2.15. The van der Waals surface area contributed by atoms with Crippen molar-refractivity contribution in [3.05, 3.63) is 47.9 Å². The molecule has 7 nitrogen and oxygen atoms in total. The van der Waals surface area contributed by atoms with E-state index in [1.54, 1.807) is 29.8 Å². The molecule has 2 heterocycles. The van der Waals surface area contributed by atoms with Crippen molar-refractivity contribution in [2.24, 2.45) is 5.92 Å². The number of hydrogen-bond donors (Lipinski definition) is 2. The summed E-state index contributed by atoms with van der Waals surface area (Å²) in [6, 6.07) is 6.39. The first kappa shape index (κ1) is 16.0. The molecule has 0 aliphatic carbocycles. The molecular weight excluding hydrogens is 308 g/mol. The summed E-state index contributed by atoms with van der Waals surface area (Å²) in [4.78, 5) is 16.9. The third-order valence-electron chi connectivity index (χ3n) is 3.92. The fraction of sp³-hybridized carbons (Fsp3) is 0.353. The first-order chi connectivity index (χ1) is 11.7. The fourth-order valence-electron chi connectivity index (χ4n) is 2.99. The Labute approximate surface area is 140 Å². The number of phenols is 1. The van der Waals surface area contributed by atoms with E-state index in [4.69, 9.17) is 4.74 Å². The molecule has 1 aromatic heterocycles. The number of benzene rings is 1. The van der Waals surface area contributed by atoms with Gasteiger partial charge in [0.1, 0.15) is 18.0 Å². The summed E-state index contributed by atoms with van der Waals surface area (Å²) in [7, 11) is 0. The smallest absolute Gasteiger partial charge is 0.317 e. The van der Waals surface area contributed by atoms with Gasteiger partial charge in [0.2, 0.25) is 5.95 Å². The lowest BCUT2D eigenvalue weighted by atomic mass is 9.88. The van der Waals surface area contributed by atoms with Gasteiger partial charge in [0.15, 0.2) is 0 Å². The number of hydrogen-bond acceptors (Lipinski definition) is 6. The van der Waals surface area contributed by atoms with Crippen molar-refractivity contribution in [2.45, 2.75) is 26.3 Å². The van der Waals surface area contributed by atoms with E-state index in [1.807, 2.05) is 19.1 Å². The van der Waals surface area contributed by atoms with E-state index in [9.17, 15) is 9.90 Å². The molecule has 2 aromatic rings. The van der Waals surface area contributed by atoms with Crippen LogP contribution in [0.25, 0.3) is 0 Å². The topological polar surface area (TPSA) is 89.3 Å². The molecule has 0 bridgehead atoms. The van der Waals surface area contributed by atoms with E-state index >= 15 is 0 Å². The van der Waals surface area contributed by atoms with Gasteiger partial charge < -0.3 is 15.2 Å². The second kappa shape index (κ2) is 6.74. The normalized spacial score (nSPS) is 21.2. The van der Waals surface area contributed by atoms with Crippen molar-refractivity contribution in [1.82, 2.24) is 14.8 Å². The minimum atomic E-state index is -0.582. The average Bonchev–Trinajstić information content (AvgIpc) is 3.02. The Hall–Kier alpha value is -2.83. The zero-order valence-electron chi connectivity index (χ0n) is 13.6. The van der Waals surface area contributed by atoms with Gasteiger partial charge in [-0.3, -0.25) is 4.79 Å². The van der Waals surface area contributed by atoms with Crippen LogP contribution in [0.1, 0.15) is 31.9 Å².